The van der Waals surface area contributed by atoms with Crippen molar-refractivity contribution in [3.05, 3.63) is 35.1 Å². The first-order chi connectivity index (χ1) is 8.58. The topological polar surface area (TPSA) is 21.3 Å². The zero-order chi connectivity index (χ0) is 13.5. The van der Waals surface area contributed by atoms with Crippen molar-refractivity contribution >= 4 is 0 Å². The highest BCUT2D eigenvalue weighted by atomic mass is 19.1. The molecule has 0 aliphatic heterocycles. The lowest BCUT2D eigenvalue weighted by molar-refractivity contribution is 0.149. The Morgan fingerprint density at radius 2 is 2.11 bits per heavy atom. The molecule has 3 heteroatoms. The molecule has 0 aromatic heterocycles. The van der Waals surface area contributed by atoms with Gasteiger partial charge in [0.1, 0.15) is 5.82 Å². The van der Waals surface area contributed by atoms with Crippen molar-refractivity contribution in [2.75, 3.05) is 20.3 Å². The summed E-state index contributed by atoms with van der Waals surface area (Å²) in [5, 5.41) is 3.47. The second-order valence-electron chi connectivity index (χ2n) is 4.91. The van der Waals surface area contributed by atoms with Crippen molar-refractivity contribution in [2.45, 2.75) is 33.2 Å². The van der Waals surface area contributed by atoms with Gasteiger partial charge in [-0.2, -0.15) is 0 Å². The molecule has 2 nitrogen and oxygen atoms in total. The van der Waals surface area contributed by atoms with Gasteiger partial charge in [-0.15, -0.1) is 0 Å². The van der Waals surface area contributed by atoms with E-state index < -0.39 is 0 Å². The maximum Gasteiger partial charge on any atom is 0.123 e. The van der Waals surface area contributed by atoms with Crippen LogP contribution in [0.1, 0.15) is 37.4 Å². The van der Waals surface area contributed by atoms with Crippen LogP contribution in [-0.4, -0.2) is 20.3 Å². The summed E-state index contributed by atoms with van der Waals surface area (Å²) in [6.07, 6.45) is 0.994. The average molecular weight is 253 g/mol. The predicted octanol–water partition coefficient (Wildman–Crippen LogP) is 3.46. The fourth-order valence-corrected chi connectivity index (χ4v) is 2.35. The Bertz CT molecular complexity index is 368. The van der Waals surface area contributed by atoms with Gasteiger partial charge in [0, 0.05) is 19.8 Å². The summed E-state index contributed by atoms with van der Waals surface area (Å²) in [6, 6.07) is 5.28. The van der Waals surface area contributed by atoms with Crippen molar-refractivity contribution in [3.63, 3.8) is 0 Å². The van der Waals surface area contributed by atoms with Gasteiger partial charge in [-0.05, 0) is 49.1 Å². The summed E-state index contributed by atoms with van der Waals surface area (Å²) in [7, 11) is 1.72. The van der Waals surface area contributed by atoms with Crippen LogP contribution in [0.2, 0.25) is 0 Å². The zero-order valence-corrected chi connectivity index (χ0v) is 11.8. The number of hydrogen-bond donors (Lipinski definition) is 1. The van der Waals surface area contributed by atoms with Crippen LogP contribution in [0, 0.1) is 18.7 Å². The molecule has 2 unspecified atom stereocenters. The monoisotopic (exact) mass is 253 g/mol. The molecule has 0 saturated heterocycles. The lowest BCUT2D eigenvalue weighted by Gasteiger charge is -2.23. The molecule has 1 aromatic carbocycles. The molecule has 0 aliphatic carbocycles. The number of hydrogen-bond acceptors (Lipinski definition) is 2. The van der Waals surface area contributed by atoms with Gasteiger partial charge in [0.05, 0.1) is 0 Å². The minimum Gasteiger partial charge on any atom is -0.384 e. The van der Waals surface area contributed by atoms with Gasteiger partial charge in [-0.25, -0.2) is 4.39 Å². The molecule has 0 saturated carbocycles. The highest BCUT2D eigenvalue weighted by Gasteiger charge is 2.16. The molecule has 0 amide bonds. The van der Waals surface area contributed by atoms with Gasteiger partial charge in [0.25, 0.3) is 0 Å². The lowest BCUT2D eigenvalue weighted by Crippen LogP contribution is -2.24. The van der Waals surface area contributed by atoms with Crippen LogP contribution in [0.4, 0.5) is 4.39 Å². The fraction of sp³-hybridized carbons (Fsp3) is 0.600. The molecule has 0 fully saturated rings. The SMILES string of the molecule is CCNC(CC(C)COC)c1ccc(F)cc1C. The molecule has 0 bridgehead atoms. The Morgan fingerprint density at radius 3 is 2.67 bits per heavy atom. The molecule has 18 heavy (non-hydrogen) atoms. The number of ether oxygens (including phenoxy) is 1. The first kappa shape index (κ1) is 15.1. The fourth-order valence-electron chi connectivity index (χ4n) is 2.35. The van der Waals surface area contributed by atoms with E-state index >= 15 is 0 Å². The third-order valence-electron chi connectivity index (χ3n) is 3.15. The molecule has 0 heterocycles. The maximum atomic E-state index is 13.1. The highest BCUT2D eigenvalue weighted by Crippen LogP contribution is 2.25. The summed E-state index contributed by atoms with van der Waals surface area (Å²) in [4.78, 5) is 0. The van der Waals surface area contributed by atoms with Crippen molar-refractivity contribution in [1.29, 1.82) is 0 Å². The Kier molecular flexibility index (Phi) is 6.30. The Hall–Kier alpha value is -0.930. The smallest absolute Gasteiger partial charge is 0.123 e. The van der Waals surface area contributed by atoms with Gasteiger partial charge in [-0.3, -0.25) is 0 Å². The van der Waals surface area contributed by atoms with E-state index in [1.165, 1.54) is 11.6 Å². The number of rotatable bonds is 7. The molecule has 0 aliphatic rings. The van der Waals surface area contributed by atoms with Gasteiger partial charge in [0.2, 0.25) is 0 Å². The summed E-state index contributed by atoms with van der Waals surface area (Å²) < 4.78 is 18.3. The largest absolute Gasteiger partial charge is 0.384 e. The van der Waals surface area contributed by atoms with Crippen molar-refractivity contribution in [1.82, 2.24) is 5.32 Å². The van der Waals surface area contributed by atoms with Crippen LogP contribution in [0.15, 0.2) is 18.2 Å². The Morgan fingerprint density at radius 1 is 1.39 bits per heavy atom. The van der Waals surface area contributed by atoms with Gasteiger partial charge in [0.15, 0.2) is 0 Å². The van der Waals surface area contributed by atoms with Crippen LogP contribution < -0.4 is 5.32 Å². The predicted molar refractivity (Wildman–Crippen MR) is 73.2 cm³/mol. The van der Waals surface area contributed by atoms with E-state index in [-0.39, 0.29) is 11.9 Å². The number of methoxy groups -OCH3 is 1. The second kappa shape index (κ2) is 7.49. The normalized spacial score (nSPS) is 14.5. The summed E-state index contributed by atoms with van der Waals surface area (Å²) in [5.41, 5.74) is 2.19. The maximum absolute atomic E-state index is 13.1. The molecule has 1 rings (SSSR count). The minimum atomic E-state index is -0.170. The van der Waals surface area contributed by atoms with E-state index in [1.807, 2.05) is 13.0 Å². The molecule has 2 atom stereocenters. The minimum absolute atomic E-state index is 0.170. The number of halogens is 1. The molecular weight excluding hydrogens is 229 g/mol. The summed E-state index contributed by atoms with van der Waals surface area (Å²) >= 11 is 0. The third-order valence-corrected chi connectivity index (χ3v) is 3.15. The van der Waals surface area contributed by atoms with Crippen LogP contribution in [0.25, 0.3) is 0 Å². The van der Waals surface area contributed by atoms with E-state index in [9.17, 15) is 4.39 Å². The average Bonchev–Trinajstić information content (AvgIpc) is 2.29. The van der Waals surface area contributed by atoms with Gasteiger partial charge in [-0.1, -0.05) is 19.9 Å². The van der Waals surface area contributed by atoms with E-state index in [1.54, 1.807) is 13.2 Å². The van der Waals surface area contributed by atoms with Crippen LogP contribution in [0.5, 0.6) is 0 Å². The van der Waals surface area contributed by atoms with Crippen LogP contribution in [-0.2, 0) is 4.74 Å². The quantitative estimate of drug-likeness (QED) is 0.803. The third kappa shape index (κ3) is 4.39. The van der Waals surface area contributed by atoms with E-state index in [0.717, 1.165) is 25.1 Å². The van der Waals surface area contributed by atoms with Crippen LogP contribution in [0.3, 0.4) is 0 Å². The molecule has 1 aromatic rings. The molecule has 0 radical (unpaired) electrons. The lowest BCUT2D eigenvalue weighted by atomic mass is 9.93. The van der Waals surface area contributed by atoms with Crippen molar-refractivity contribution in [3.8, 4) is 0 Å². The Labute approximate surface area is 110 Å². The first-order valence-corrected chi connectivity index (χ1v) is 6.56. The first-order valence-electron chi connectivity index (χ1n) is 6.56. The van der Waals surface area contributed by atoms with E-state index in [2.05, 4.69) is 19.2 Å². The number of benzene rings is 1. The molecular formula is C15H24FNO. The van der Waals surface area contributed by atoms with Crippen LogP contribution >= 0.6 is 0 Å². The van der Waals surface area contributed by atoms with E-state index in [4.69, 9.17) is 4.74 Å². The number of aryl methyl sites for hydroxylation is 1. The second-order valence-corrected chi connectivity index (χ2v) is 4.91. The molecule has 0 spiro atoms. The molecule has 102 valence electrons. The Balaban J connectivity index is 2.82. The van der Waals surface area contributed by atoms with Gasteiger partial charge < -0.3 is 10.1 Å². The summed E-state index contributed by atoms with van der Waals surface area (Å²) in [5.74, 6) is 0.306. The summed E-state index contributed by atoms with van der Waals surface area (Å²) in [6.45, 7) is 7.88. The zero-order valence-electron chi connectivity index (χ0n) is 11.8. The number of nitrogens with one attached hydrogen (secondary N) is 1. The van der Waals surface area contributed by atoms with Crippen molar-refractivity contribution in [2.24, 2.45) is 5.92 Å². The molecule has 1 N–H and O–H groups in total. The van der Waals surface area contributed by atoms with Crippen molar-refractivity contribution < 1.29 is 9.13 Å². The van der Waals surface area contributed by atoms with E-state index in [0.29, 0.717) is 5.92 Å². The standard InChI is InChI=1S/C15H24FNO/c1-5-17-15(8-11(2)10-18-4)14-7-6-13(16)9-12(14)3/h6-7,9,11,15,17H,5,8,10H2,1-4H3. The van der Waals surface area contributed by atoms with Gasteiger partial charge >= 0.3 is 0 Å². The highest BCUT2D eigenvalue weighted by molar-refractivity contribution is 5.29.